The second-order valence-electron chi connectivity index (χ2n) is 5.46. The Morgan fingerprint density at radius 2 is 1.28 bits per heavy atom. The predicted molar refractivity (Wildman–Crippen MR) is 81.8 cm³/mol. The first-order valence-electron chi connectivity index (χ1n) is 6.75. The highest BCUT2D eigenvalue weighted by molar-refractivity contribution is 6.71. The summed E-state index contributed by atoms with van der Waals surface area (Å²) in [5, 5.41) is 3.48. The summed E-state index contributed by atoms with van der Waals surface area (Å²) in [7, 11) is 2.12. The molecule has 0 aromatic rings. The maximum absolute atomic E-state index is 5.52. The van der Waals surface area contributed by atoms with Crippen molar-refractivity contribution in [3.8, 4) is 0 Å². The fourth-order valence-electron chi connectivity index (χ4n) is 1.69. The molecule has 0 fully saturated rings. The number of rotatable bonds is 11. The fraction of sp³-hybridized carbons (Fsp3) is 1.00. The van der Waals surface area contributed by atoms with Crippen LogP contribution >= 0.6 is 0 Å². The monoisotopic (exact) mass is 293 g/mol. The maximum Gasteiger partial charge on any atom is 0.334 e. The topological polar surface area (TPSA) is 39.7 Å². The Balaban J connectivity index is 3.47. The largest absolute Gasteiger partial charge is 0.420 e. The van der Waals surface area contributed by atoms with Gasteiger partial charge < -0.3 is 18.6 Å². The summed E-state index contributed by atoms with van der Waals surface area (Å²) in [4.78, 5) is 0. The van der Waals surface area contributed by atoms with E-state index in [4.69, 9.17) is 13.3 Å². The Bertz CT molecular complexity index is 211. The van der Waals surface area contributed by atoms with Crippen LogP contribution in [-0.4, -0.2) is 51.3 Å². The second kappa shape index (κ2) is 9.22. The van der Waals surface area contributed by atoms with Crippen LogP contribution in [0.25, 0.3) is 0 Å². The highest BCUT2D eigenvalue weighted by Crippen LogP contribution is 2.13. The molecule has 0 amide bonds. The third-order valence-electron chi connectivity index (χ3n) is 3.53. The molecule has 4 nitrogen and oxygen atoms in total. The Labute approximate surface area is 115 Å². The molecule has 0 unspecified atom stereocenters. The fourth-order valence-corrected chi connectivity index (χ4v) is 4.31. The first-order chi connectivity index (χ1) is 8.39. The third-order valence-corrected chi connectivity index (χ3v) is 9.18. The molecule has 0 aliphatic carbocycles. The van der Waals surface area contributed by atoms with E-state index in [2.05, 4.69) is 25.0 Å². The Kier molecular flexibility index (Phi) is 9.36. The zero-order chi connectivity index (χ0) is 14.1. The number of hydrogen-bond donors (Lipinski definition) is 1. The lowest BCUT2D eigenvalue weighted by atomic mass is 10.4. The standard InChI is InChI=1S/C12H31NO3Si2/c1-14-17(4,5)11-7-9-13-10-8-12-18(6,15-2)16-3/h13H,7-12H2,1-6H3. The molecule has 0 saturated carbocycles. The van der Waals surface area contributed by atoms with Crippen LogP contribution in [0.3, 0.4) is 0 Å². The quantitative estimate of drug-likeness (QED) is 0.469. The van der Waals surface area contributed by atoms with E-state index in [1.807, 2.05) is 7.11 Å². The average Bonchev–Trinajstić information content (AvgIpc) is 2.37. The van der Waals surface area contributed by atoms with Crippen LogP contribution in [0.15, 0.2) is 0 Å². The van der Waals surface area contributed by atoms with Crippen LogP contribution < -0.4 is 5.32 Å². The van der Waals surface area contributed by atoms with Crippen molar-refractivity contribution in [2.45, 2.75) is 44.6 Å². The van der Waals surface area contributed by atoms with Gasteiger partial charge in [-0.05, 0) is 57.7 Å². The number of nitrogens with one attached hydrogen (secondary N) is 1. The minimum Gasteiger partial charge on any atom is -0.420 e. The van der Waals surface area contributed by atoms with Gasteiger partial charge in [-0.1, -0.05) is 0 Å². The highest BCUT2D eigenvalue weighted by atomic mass is 28.4. The van der Waals surface area contributed by atoms with Gasteiger partial charge in [-0.25, -0.2) is 0 Å². The highest BCUT2D eigenvalue weighted by Gasteiger charge is 2.27. The van der Waals surface area contributed by atoms with Crippen LogP contribution in [0.4, 0.5) is 0 Å². The molecule has 0 atom stereocenters. The van der Waals surface area contributed by atoms with Crippen LogP contribution in [-0.2, 0) is 13.3 Å². The summed E-state index contributed by atoms with van der Waals surface area (Å²) in [5.74, 6) is 0. The van der Waals surface area contributed by atoms with Gasteiger partial charge >= 0.3 is 8.56 Å². The first-order valence-corrected chi connectivity index (χ1v) is 12.4. The minimum absolute atomic E-state index is 1.05. The van der Waals surface area contributed by atoms with Gasteiger partial charge in [0.1, 0.15) is 0 Å². The van der Waals surface area contributed by atoms with E-state index in [0.29, 0.717) is 0 Å². The van der Waals surface area contributed by atoms with Crippen LogP contribution in [0.1, 0.15) is 12.8 Å². The van der Waals surface area contributed by atoms with E-state index in [9.17, 15) is 0 Å². The molecule has 0 heterocycles. The Hall–Kier alpha value is 0.274. The predicted octanol–water partition coefficient (Wildman–Crippen LogP) is 2.57. The molecule has 110 valence electrons. The van der Waals surface area contributed by atoms with Gasteiger partial charge in [0, 0.05) is 21.3 Å². The lowest BCUT2D eigenvalue weighted by Gasteiger charge is -2.22. The summed E-state index contributed by atoms with van der Waals surface area (Å²) in [6.45, 7) is 8.77. The lowest BCUT2D eigenvalue weighted by Crippen LogP contribution is -2.36. The molecule has 18 heavy (non-hydrogen) atoms. The second-order valence-corrected chi connectivity index (χ2v) is 13.5. The van der Waals surface area contributed by atoms with E-state index < -0.39 is 16.9 Å². The van der Waals surface area contributed by atoms with Crippen LogP contribution in [0.2, 0.25) is 31.7 Å². The van der Waals surface area contributed by atoms with Crippen molar-refractivity contribution >= 4 is 16.9 Å². The molecule has 0 rings (SSSR count). The molecule has 0 spiro atoms. The number of hydrogen-bond acceptors (Lipinski definition) is 4. The zero-order valence-corrected chi connectivity index (χ0v) is 15.0. The average molecular weight is 294 g/mol. The zero-order valence-electron chi connectivity index (χ0n) is 13.0. The molecular weight excluding hydrogens is 262 g/mol. The normalized spacial score (nSPS) is 13.0. The van der Waals surface area contributed by atoms with Gasteiger partial charge in [-0.3, -0.25) is 0 Å². The van der Waals surface area contributed by atoms with E-state index in [1.54, 1.807) is 14.2 Å². The van der Waals surface area contributed by atoms with E-state index in [1.165, 1.54) is 12.5 Å². The van der Waals surface area contributed by atoms with Crippen molar-refractivity contribution in [3.05, 3.63) is 0 Å². The van der Waals surface area contributed by atoms with E-state index in [0.717, 1.165) is 25.6 Å². The van der Waals surface area contributed by atoms with E-state index in [-0.39, 0.29) is 0 Å². The van der Waals surface area contributed by atoms with Gasteiger partial charge in [0.05, 0.1) is 0 Å². The Morgan fingerprint density at radius 3 is 1.72 bits per heavy atom. The van der Waals surface area contributed by atoms with Gasteiger partial charge in [-0.2, -0.15) is 0 Å². The van der Waals surface area contributed by atoms with E-state index >= 15 is 0 Å². The summed E-state index contributed by atoms with van der Waals surface area (Å²) in [6, 6.07) is 2.27. The van der Waals surface area contributed by atoms with Crippen molar-refractivity contribution in [1.82, 2.24) is 5.32 Å². The van der Waals surface area contributed by atoms with Gasteiger partial charge in [-0.15, -0.1) is 0 Å². The summed E-state index contributed by atoms with van der Waals surface area (Å²) < 4.78 is 16.4. The van der Waals surface area contributed by atoms with Crippen molar-refractivity contribution in [2.24, 2.45) is 0 Å². The van der Waals surface area contributed by atoms with Gasteiger partial charge in [0.25, 0.3) is 0 Å². The van der Waals surface area contributed by atoms with Crippen molar-refractivity contribution < 1.29 is 13.3 Å². The molecule has 0 bridgehead atoms. The molecule has 0 radical (unpaired) electrons. The van der Waals surface area contributed by atoms with Crippen molar-refractivity contribution in [1.29, 1.82) is 0 Å². The molecule has 0 aromatic heterocycles. The summed E-state index contributed by atoms with van der Waals surface area (Å²) >= 11 is 0. The minimum atomic E-state index is -1.85. The first kappa shape index (κ1) is 18.3. The Morgan fingerprint density at radius 1 is 0.778 bits per heavy atom. The maximum atomic E-state index is 5.52. The molecule has 0 aromatic carbocycles. The smallest absolute Gasteiger partial charge is 0.334 e. The molecule has 0 saturated heterocycles. The molecule has 0 aliphatic heterocycles. The molecule has 0 aliphatic rings. The summed E-state index contributed by atoms with van der Waals surface area (Å²) in [6.07, 6.45) is 2.33. The lowest BCUT2D eigenvalue weighted by molar-refractivity contribution is 0.248. The van der Waals surface area contributed by atoms with Gasteiger partial charge in [0.15, 0.2) is 8.32 Å². The molecule has 1 N–H and O–H groups in total. The van der Waals surface area contributed by atoms with Crippen molar-refractivity contribution in [3.63, 3.8) is 0 Å². The molecule has 6 heteroatoms. The summed E-state index contributed by atoms with van der Waals surface area (Å²) in [5.41, 5.74) is 0. The van der Waals surface area contributed by atoms with Gasteiger partial charge in [0.2, 0.25) is 0 Å². The van der Waals surface area contributed by atoms with Crippen LogP contribution in [0, 0.1) is 0 Å². The van der Waals surface area contributed by atoms with Crippen molar-refractivity contribution in [2.75, 3.05) is 34.4 Å². The molecular formula is C12H31NO3Si2. The third kappa shape index (κ3) is 8.39. The SMILES string of the molecule is CO[Si](C)(C)CCCNCCC[Si](C)(OC)OC. The van der Waals surface area contributed by atoms with Crippen LogP contribution in [0.5, 0.6) is 0 Å².